The zero-order chi connectivity index (χ0) is 11.6. The fraction of sp³-hybridized carbons (Fsp3) is 0.750. The smallest absolute Gasteiger partial charge is 0.379 e. The molecule has 0 amide bonds. The van der Waals surface area contributed by atoms with Gasteiger partial charge in [-0.05, 0) is 13.8 Å². The molecule has 6 heteroatoms. The maximum atomic E-state index is 10.0. The highest BCUT2D eigenvalue weighted by atomic mass is 28.3. The van der Waals surface area contributed by atoms with Crippen LogP contribution in [0.3, 0.4) is 0 Å². The predicted molar refractivity (Wildman–Crippen MR) is 54.2 cm³/mol. The summed E-state index contributed by atoms with van der Waals surface area (Å²) in [6.45, 7) is 2.81. The number of carbonyl (C=O) groups excluding carboxylic acids is 2. The molecule has 0 aromatic heterocycles. The molecule has 0 unspecified atom stereocenters. The van der Waals surface area contributed by atoms with E-state index in [0.29, 0.717) is 0 Å². The average molecular weight is 222 g/mol. The van der Waals surface area contributed by atoms with Crippen LogP contribution in [0.25, 0.3) is 0 Å². The standard InChI is InChI=1S/C5H8O2.C3H10O3Si/c1-4(6)3-5(2)7;1-4-7(5-2)6-3/h3H2,1-2H3;7H,1-3H3. The Hall–Kier alpha value is -0.563. The molecule has 0 radical (unpaired) electrons. The van der Waals surface area contributed by atoms with E-state index in [2.05, 4.69) is 0 Å². The molecule has 0 aliphatic carbocycles. The molecule has 84 valence electrons. The highest BCUT2D eigenvalue weighted by Crippen LogP contribution is 1.81. The van der Waals surface area contributed by atoms with E-state index in [4.69, 9.17) is 13.3 Å². The SMILES string of the molecule is CC(=O)CC(C)=O.CO[SiH](OC)OC. The topological polar surface area (TPSA) is 61.8 Å². The second-order valence-electron chi connectivity index (χ2n) is 2.58. The quantitative estimate of drug-likeness (QED) is 0.491. The van der Waals surface area contributed by atoms with Crippen molar-refractivity contribution in [1.29, 1.82) is 0 Å². The van der Waals surface area contributed by atoms with Gasteiger partial charge in [-0.3, -0.25) is 9.59 Å². The molecule has 5 nitrogen and oxygen atoms in total. The van der Waals surface area contributed by atoms with Gasteiger partial charge in [0.1, 0.15) is 11.6 Å². The Morgan fingerprint density at radius 2 is 1.21 bits per heavy atom. The molecule has 0 bridgehead atoms. The predicted octanol–water partition coefficient (Wildman–Crippen LogP) is 0.197. The Morgan fingerprint density at radius 3 is 1.21 bits per heavy atom. The van der Waals surface area contributed by atoms with Gasteiger partial charge in [0.05, 0.1) is 6.42 Å². The molecule has 0 aromatic carbocycles. The lowest BCUT2D eigenvalue weighted by Gasteiger charge is -2.05. The van der Waals surface area contributed by atoms with Crippen molar-refractivity contribution in [2.24, 2.45) is 0 Å². The number of Topliss-reactive ketones (excluding diaryl/α,β-unsaturated/α-hetero) is 2. The fourth-order valence-electron chi connectivity index (χ4n) is 0.639. The fourth-order valence-corrected chi connectivity index (χ4v) is 1.22. The first-order valence-corrected chi connectivity index (χ1v) is 5.46. The Labute approximate surface area is 86.3 Å². The van der Waals surface area contributed by atoms with Gasteiger partial charge in [-0.25, -0.2) is 0 Å². The monoisotopic (exact) mass is 222 g/mol. The Kier molecular flexibility index (Phi) is 11.9. The maximum absolute atomic E-state index is 10.0. The third kappa shape index (κ3) is 14.0. The van der Waals surface area contributed by atoms with Crippen molar-refractivity contribution in [1.82, 2.24) is 0 Å². The second kappa shape index (κ2) is 10.5. The maximum Gasteiger partial charge on any atom is 0.483 e. The van der Waals surface area contributed by atoms with Crippen LogP contribution in [0.5, 0.6) is 0 Å². The third-order valence-electron chi connectivity index (χ3n) is 1.08. The number of hydrogen-bond acceptors (Lipinski definition) is 5. The van der Waals surface area contributed by atoms with Crippen molar-refractivity contribution < 1.29 is 22.9 Å². The summed E-state index contributed by atoms with van der Waals surface area (Å²) >= 11 is 0. The number of hydrogen-bond donors (Lipinski definition) is 0. The van der Waals surface area contributed by atoms with Crippen LogP contribution in [0.15, 0.2) is 0 Å². The van der Waals surface area contributed by atoms with Gasteiger partial charge in [-0.1, -0.05) is 0 Å². The van der Waals surface area contributed by atoms with Crippen LogP contribution in [0.2, 0.25) is 0 Å². The van der Waals surface area contributed by atoms with Crippen LogP contribution in [0.4, 0.5) is 0 Å². The van der Waals surface area contributed by atoms with Crippen molar-refractivity contribution in [3.63, 3.8) is 0 Å². The molecule has 0 rings (SSSR count). The van der Waals surface area contributed by atoms with Crippen LogP contribution in [-0.2, 0) is 22.9 Å². The largest absolute Gasteiger partial charge is 0.483 e. The van der Waals surface area contributed by atoms with Crippen molar-refractivity contribution in [3.05, 3.63) is 0 Å². The molecular weight excluding hydrogens is 204 g/mol. The summed E-state index contributed by atoms with van der Waals surface area (Å²) in [7, 11) is 3.05. The van der Waals surface area contributed by atoms with E-state index in [9.17, 15) is 9.59 Å². The molecule has 0 heterocycles. The highest BCUT2D eigenvalue weighted by Gasteiger charge is 2.04. The summed E-state index contributed by atoms with van der Waals surface area (Å²) in [5, 5.41) is 0. The summed E-state index contributed by atoms with van der Waals surface area (Å²) in [6.07, 6.45) is 0.0833. The molecule has 0 saturated carbocycles. The molecule has 0 fully saturated rings. The van der Waals surface area contributed by atoms with E-state index < -0.39 is 9.53 Å². The first-order chi connectivity index (χ1) is 6.47. The van der Waals surface area contributed by atoms with E-state index in [0.717, 1.165) is 0 Å². The minimum absolute atomic E-state index is 0.0625. The number of ketones is 2. The van der Waals surface area contributed by atoms with Crippen molar-refractivity contribution in [3.8, 4) is 0 Å². The number of rotatable bonds is 5. The molecule has 0 saturated heterocycles. The summed E-state index contributed by atoms with van der Waals surface area (Å²) in [4.78, 5) is 20.1. The Morgan fingerprint density at radius 1 is 0.929 bits per heavy atom. The first kappa shape index (κ1) is 15.9. The van der Waals surface area contributed by atoms with Gasteiger partial charge in [0.2, 0.25) is 0 Å². The van der Waals surface area contributed by atoms with Gasteiger partial charge < -0.3 is 13.3 Å². The molecule has 0 N–H and O–H groups in total. The van der Waals surface area contributed by atoms with Crippen molar-refractivity contribution in [2.45, 2.75) is 20.3 Å². The van der Waals surface area contributed by atoms with Gasteiger partial charge >= 0.3 is 9.53 Å². The van der Waals surface area contributed by atoms with Crippen LogP contribution in [0, 0.1) is 0 Å². The van der Waals surface area contributed by atoms with Crippen LogP contribution < -0.4 is 0 Å². The van der Waals surface area contributed by atoms with E-state index in [1.807, 2.05) is 0 Å². The minimum atomic E-state index is -1.67. The van der Waals surface area contributed by atoms with Crippen LogP contribution in [0.1, 0.15) is 20.3 Å². The van der Waals surface area contributed by atoms with Crippen molar-refractivity contribution >= 4 is 21.1 Å². The average Bonchev–Trinajstić information content (AvgIpc) is 2.06. The summed E-state index contributed by atoms with van der Waals surface area (Å²) in [6, 6.07) is 0. The van der Waals surface area contributed by atoms with Gasteiger partial charge in [0.15, 0.2) is 0 Å². The lowest BCUT2D eigenvalue weighted by Crippen LogP contribution is -2.21. The highest BCUT2D eigenvalue weighted by molar-refractivity contribution is 6.36. The summed E-state index contributed by atoms with van der Waals surface area (Å²) < 4.78 is 14.2. The zero-order valence-electron chi connectivity index (χ0n) is 9.33. The van der Waals surface area contributed by atoms with Crippen LogP contribution >= 0.6 is 0 Å². The molecule has 0 atom stereocenters. The Balaban J connectivity index is 0. The van der Waals surface area contributed by atoms with Gasteiger partial charge in [0, 0.05) is 21.3 Å². The second-order valence-corrected chi connectivity index (χ2v) is 4.57. The molecule has 0 aliphatic heterocycles. The molecular formula is C8H18O5Si. The van der Waals surface area contributed by atoms with E-state index in [-0.39, 0.29) is 18.0 Å². The van der Waals surface area contributed by atoms with Crippen LogP contribution in [-0.4, -0.2) is 42.4 Å². The molecule has 14 heavy (non-hydrogen) atoms. The van der Waals surface area contributed by atoms with E-state index >= 15 is 0 Å². The summed E-state index contributed by atoms with van der Waals surface area (Å²) in [5.41, 5.74) is 0. The zero-order valence-corrected chi connectivity index (χ0v) is 10.5. The lowest BCUT2D eigenvalue weighted by atomic mass is 10.2. The molecule has 0 aliphatic rings. The molecule has 0 aromatic rings. The Bertz CT molecular complexity index is 150. The van der Waals surface area contributed by atoms with Gasteiger partial charge in [0.25, 0.3) is 0 Å². The normalized spacial score (nSPS) is 9.29. The third-order valence-corrected chi connectivity index (χ3v) is 2.23. The van der Waals surface area contributed by atoms with E-state index in [1.54, 1.807) is 21.3 Å². The van der Waals surface area contributed by atoms with Gasteiger partial charge in [-0.2, -0.15) is 0 Å². The lowest BCUT2D eigenvalue weighted by molar-refractivity contribution is -0.124. The van der Waals surface area contributed by atoms with Gasteiger partial charge in [-0.15, -0.1) is 0 Å². The minimum Gasteiger partial charge on any atom is -0.379 e. The first-order valence-electron chi connectivity index (χ1n) is 4.05. The van der Waals surface area contributed by atoms with Crippen molar-refractivity contribution in [2.75, 3.05) is 21.3 Å². The van der Waals surface area contributed by atoms with E-state index in [1.165, 1.54) is 13.8 Å². The molecule has 0 spiro atoms. The summed E-state index contributed by atoms with van der Waals surface area (Å²) in [5.74, 6) is -0.125. The number of carbonyl (C=O) groups is 2.